The molecule has 3 N–H and O–H groups in total. The van der Waals surface area contributed by atoms with Crippen LogP contribution in [0.4, 0.5) is 0 Å². The van der Waals surface area contributed by atoms with E-state index in [1.807, 2.05) is 12.1 Å². The van der Waals surface area contributed by atoms with Gasteiger partial charge in [0.2, 0.25) is 0 Å². The first-order valence-electron chi connectivity index (χ1n) is 9.36. The molecule has 0 saturated carbocycles. The molecular formula is C20H33IN4O3. The molecule has 1 aliphatic rings. The Bertz CT molecular complexity index is 634. The number of benzene rings is 1. The number of guanidine groups is 1. The third-order valence-corrected chi connectivity index (χ3v) is 4.47. The number of allylic oxidation sites excluding steroid dienone is 1. The Morgan fingerprint density at radius 3 is 2.71 bits per heavy atom. The van der Waals surface area contributed by atoms with Gasteiger partial charge in [-0.05, 0) is 37.1 Å². The normalized spacial score (nSPS) is 14.9. The van der Waals surface area contributed by atoms with Crippen molar-refractivity contribution in [3.8, 4) is 11.5 Å². The lowest BCUT2D eigenvalue weighted by molar-refractivity contribution is 0.0376. The number of hydrogen-bond donors (Lipinski definition) is 2. The fraction of sp³-hybridized carbons (Fsp3) is 0.550. The molecule has 1 saturated heterocycles. The highest BCUT2D eigenvalue weighted by atomic mass is 127. The van der Waals surface area contributed by atoms with Gasteiger partial charge in [-0.3, -0.25) is 4.90 Å². The number of methoxy groups -OCH3 is 2. The predicted octanol–water partition coefficient (Wildman–Crippen LogP) is 2.18. The summed E-state index contributed by atoms with van der Waals surface area (Å²) >= 11 is 0. The summed E-state index contributed by atoms with van der Waals surface area (Å²) in [5, 5.41) is 3.18. The van der Waals surface area contributed by atoms with Crippen LogP contribution in [0.15, 0.2) is 29.8 Å². The zero-order valence-corrected chi connectivity index (χ0v) is 19.2. The van der Waals surface area contributed by atoms with E-state index in [0.29, 0.717) is 24.7 Å². The number of morpholine rings is 1. The van der Waals surface area contributed by atoms with E-state index in [2.05, 4.69) is 27.9 Å². The lowest BCUT2D eigenvalue weighted by atomic mass is 10.1. The molecule has 0 bridgehead atoms. The fourth-order valence-electron chi connectivity index (χ4n) is 3.08. The van der Waals surface area contributed by atoms with E-state index < -0.39 is 0 Å². The van der Waals surface area contributed by atoms with E-state index >= 15 is 0 Å². The smallest absolute Gasteiger partial charge is 0.188 e. The van der Waals surface area contributed by atoms with Crippen LogP contribution >= 0.6 is 24.0 Å². The highest BCUT2D eigenvalue weighted by molar-refractivity contribution is 14.0. The molecule has 0 unspecified atom stereocenters. The maximum Gasteiger partial charge on any atom is 0.188 e. The molecule has 2 rings (SSSR count). The van der Waals surface area contributed by atoms with Crippen LogP contribution in [-0.2, 0) is 17.7 Å². The summed E-state index contributed by atoms with van der Waals surface area (Å²) in [5.74, 6) is 1.88. The van der Waals surface area contributed by atoms with Crippen molar-refractivity contribution in [2.45, 2.75) is 19.4 Å². The topological polar surface area (TPSA) is 81.3 Å². The van der Waals surface area contributed by atoms with Crippen LogP contribution in [0, 0.1) is 0 Å². The molecule has 1 aromatic carbocycles. The third-order valence-electron chi connectivity index (χ3n) is 4.47. The van der Waals surface area contributed by atoms with Crippen LogP contribution in [0.2, 0.25) is 0 Å². The average molecular weight is 504 g/mol. The van der Waals surface area contributed by atoms with Gasteiger partial charge in [-0.25, -0.2) is 4.99 Å². The molecule has 0 aromatic heterocycles. The van der Waals surface area contributed by atoms with Gasteiger partial charge in [0.25, 0.3) is 0 Å². The van der Waals surface area contributed by atoms with Crippen molar-refractivity contribution in [1.29, 1.82) is 0 Å². The Balaban J connectivity index is 0.00000392. The minimum absolute atomic E-state index is 0. The van der Waals surface area contributed by atoms with Crippen molar-refractivity contribution in [3.63, 3.8) is 0 Å². The van der Waals surface area contributed by atoms with Crippen LogP contribution in [0.5, 0.6) is 11.5 Å². The second-order valence-electron chi connectivity index (χ2n) is 6.42. The number of rotatable bonds is 10. The minimum atomic E-state index is 0. The molecule has 8 heteroatoms. The van der Waals surface area contributed by atoms with Gasteiger partial charge in [0.15, 0.2) is 17.5 Å². The maximum absolute atomic E-state index is 6.00. The summed E-state index contributed by atoms with van der Waals surface area (Å²) in [4.78, 5) is 6.84. The van der Waals surface area contributed by atoms with Crippen LogP contribution < -0.4 is 20.5 Å². The van der Waals surface area contributed by atoms with Crippen LogP contribution in [0.25, 0.3) is 0 Å². The molecule has 0 aliphatic carbocycles. The summed E-state index contributed by atoms with van der Waals surface area (Å²) in [7, 11) is 3.27. The molecule has 0 atom stereocenters. The van der Waals surface area contributed by atoms with Gasteiger partial charge in [0.1, 0.15) is 0 Å². The number of nitrogens with two attached hydrogens (primary N) is 1. The molecule has 1 fully saturated rings. The molecule has 1 heterocycles. The Morgan fingerprint density at radius 2 is 2.07 bits per heavy atom. The summed E-state index contributed by atoms with van der Waals surface area (Å²) in [6.07, 6.45) is 3.57. The number of ether oxygens (including phenoxy) is 3. The lowest BCUT2D eigenvalue weighted by Crippen LogP contribution is -2.39. The third kappa shape index (κ3) is 7.84. The Morgan fingerprint density at radius 1 is 1.32 bits per heavy atom. The molecule has 1 aliphatic heterocycles. The van der Waals surface area contributed by atoms with Crippen molar-refractivity contribution in [2.75, 3.05) is 53.6 Å². The van der Waals surface area contributed by atoms with Crippen molar-refractivity contribution >= 4 is 29.9 Å². The first-order chi connectivity index (χ1) is 13.2. The van der Waals surface area contributed by atoms with Gasteiger partial charge < -0.3 is 25.3 Å². The second kappa shape index (κ2) is 13.6. The predicted molar refractivity (Wildman–Crippen MR) is 124 cm³/mol. The van der Waals surface area contributed by atoms with Crippen LogP contribution in [-0.4, -0.2) is 64.5 Å². The quantitative estimate of drug-likeness (QED) is 0.167. The van der Waals surface area contributed by atoms with E-state index in [0.717, 1.165) is 62.7 Å². The zero-order chi connectivity index (χ0) is 19.5. The highest BCUT2D eigenvalue weighted by Crippen LogP contribution is 2.33. The number of halogens is 1. The lowest BCUT2D eigenvalue weighted by Gasteiger charge is -2.26. The Hall–Kier alpha value is -1.52. The highest BCUT2D eigenvalue weighted by Gasteiger charge is 2.12. The number of nitrogens with zero attached hydrogens (tertiary/aromatic N) is 2. The van der Waals surface area contributed by atoms with Gasteiger partial charge in [-0.2, -0.15) is 0 Å². The average Bonchev–Trinajstić information content (AvgIpc) is 2.70. The van der Waals surface area contributed by atoms with Crippen LogP contribution in [0.1, 0.15) is 17.5 Å². The number of aliphatic imine (C=N–C) groups is 1. The van der Waals surface area contributed by atoms with Crippen molar-refractivity contribution in [1.82, 2.24) is 10.2 Å². The molecule has 1 aromatic rings. The summed E-state index contributed by atoms with van der Waals surface area (Å²) in [6.45, 7) is 9.81. The van der Waals surface area contributed by atoms with E-state index in [9.17, 15) is 0 Å². The summed E-state index contributed by atoms with van der Waals surface area (Å²) in [5.41, 5.74) is 8.04. The summed E-state index contributed by atoms with van der Waals surface area (Å²) in [6, 6.07) is 3.98. The SMILES string of the molecule is C=CCc1cc(CN=C(N)NCCCN2CCOCC2)cc(OC)c1OC.I. The van der Waals surface area contributed by atoms with Gasteiger partial charge in [-0.1, -0.05) is 6.08 Å². The first-order valence-corrected chi connectivity index (χ1v) is 9.36. The van der Waals surface area contributed by atoms with Crippen molar-refractivity contribution in [2.24, 2.45) is 10.7 Å². The maximum atomic E-state index is 6.00. The monoisotopic (exact) mass is 504 g/mol. The largest absolute Gasteiger partial charge is 0.493 e. The van der Waals surface area contributed by atoms with E-state index in [4.69, 9.17) is 19.9 Å². The molecule has 7 nitrogen and oxygen atoms in total. The van der Waals surface area contributed by atoms with Gasteiger partial charge in [0.05, 0.1) is 34.0 Å². The number of hydrogen-bond acceptors (Lipinski definition) is 5. The van der Waals surface area contributed by atoms with Gasteiger partial charge in [-0.15, -0.1) is 30.6 Å². The Labute approximate surface area is 185 Å². The second-order valence-corrected chi connectivity index (χ2v) is 6.42. The molecule has 0 amide bonds. The number of nitrogens with one attached hydrogen (secondary N) is 1. The van der Waals surface area contributed by atoms with Gasteiger partial charge >= 0.3 is 0 Å². The van der Waals surface area contributed by atoms with Crippen molar-refractivity contribution in [3.05, 3.63) is 35.9 Å². The standard InChI is InChI=1S/C20H32N4O3.HI/c1-4-6-17-13-16(14-18(25-2)19(17)26-3)15-23-20(21)22-7-5-8-24-9-11-27-12-10-24;/h4,13-14H,1,5-12,15H2,2-3H3,(H3,21,22,23);1H. The summed E-state index contributed by atoms with van der Waals surface area (Å²) < 4.78 is 16.3. The van der Waals surface area contributed by atoms with E-state index in [-0.39, 0.29) is 24.0 Å². The van der Waals surface area contributed by atoms with Crippen LogP contribution in [0.3, 0.4) is 0 Å². The zero-order valence-electron chi connectivity index (χ0n) is 16.9. The van der Waals surface area contributed by atoms with Gasteiger partial charge in [0, 0.05) is 25.2 Å². The fourth-order valence-corrected chi connectivity index (χ4v) is 3.08. The van der Waals surface area contributed by atoms with Crippen molar-refractivity contribution < 1.29 is 14.2 Å². The first kappa shape index (κ1) is 24.5. The van der Waals surface area contributed by atoms with E-state index in [1.54, 1.807) is 14.2 Å². The Kier molecular flexibility index (Phi) is 11.9. The molecule has 0 spiro atoms. The molecule has 158 valence electrons. The molecular weight excluding hydrogens is 471 g/mol. The molecule has 28 heavy (non-hydrogen) atoms. The molecule has 0 radical (unpaired) electrons. The van der Waals surface area contributed by atoms with E-state index in [1.165, 1.54) is 0 Å². The minimum Gasteiger partial charge on any atom is -0.493 e.